The third-order valence-corrected chi connectivity index (χ3v) is 1.76. The van der Waals surface area contributed by atoms with E-state index in [9.17, 15) is 5.11 Å². The maximum absolute atomic E-state index is 9.24. The van der Waals surface area contributed by atoms with Gasteiger partial charge >= 0.3 is 0 Å². The highest BCUT2D eigenvalue weighted by Crippen LogP contribution is 2.15. The molecule has 1 aliphatic rings. The third kappa shape index (κ3) is 1.75. The van der Waals surface area contributed by atoms with Crippen LogP contribution >= 0.6 is 0 Å². The molecule has 12 heavy (non-hydrogen) atoms. The van der Waals surface area contributed by atoms with Gasteiger partial charge in [0.25, 0.3) is 0 Å². The summed E-state index contributed by atoms with van der Waals surface area (Å²) in [5, 5.41) is 36.0. The predicted molar refractivity (Wildman–Crippen MR) is 39.1 cm³/mol. The van der Waals surface area contributed by atoms with Crippen LogP contribution in [0.25, 0.3) is 0 Å². The first-order valence-corrected chi connectivity index (χ1v) is 3.64. The van der Waals surface area contributed by atoms with Crippen molar-refractivity contribution in [2.45, 2.75) is 24.4 Å². The summed E-state index contributed by atoms with van der Waals surface area (Å²) >= 11 is 0. The van der Waals surface area contributed by atoms with Crippen molar-refractivity contribution >= 4 is 0 Å². The molecule has 1 heterocycles. The fourth-order valence-corrected chi connectivity index (χ4v) is 1.03. The van der Waals surface area contributed by atoms with Crippen molar-refractivity contribution in [1.82, 2.24) is 0 Å². The quantitative estimate of drug-likeness (QED) is 0.390. The molecule has 0 saturated heterocycles. The molecule has 0 fully saturated rings. The molecular weight excluding hydrogens is 164 g/mol. The number of ether oxygens (including phenoxy) is 1. The summed E-state index contributed by atoms with van der Waals surface area (Å²) in [4.78, 5) is 0. The first-order chi connectivity index (χ1) is 5.66. The number of aliphatic hydroxyl groups is 4. The number of hydrogen-bond donors (Lipinski definition) is 4. The summed E-state index contributed by atoms with van der Waals surface area (Å²) in [6, 6.07) is 0. The number of rotatable bonds is 2. The van der Waals surface area contributed by atoms with Gasteiger partial charge in [-0.05, 0) is 6.08 Å². The minimum Gasteiger partial charge on any atom is -0.493 e. The molecule has 0 bridgehead atoms. The Morgan fingerprint density at radius 1 is 1.42 bits per heavy atom. The first-order valence-electron chi connectivity index (χ1n) is 3.64. The summed E-state index contributed by atoms with van der Waals surface area (Å²) < 4.78 is 4.81. The van der Waals surface area contributed by atoms with Crippen LogP contribution in [0.3, 0.4) is 0 Å². The second kappa shape index (κ2) is 3.86. The van der Waals surface area contributed by atoms with Crippen LogP contribution in [-0.4, -0.2) is 51.4 Å². The fourth-order valence-electron chi connectivity index (χ4n) is 1.03. The van der Waals surface area contributed by atoms with Crippen LogP contribution in [0.15, 0.2) is 12.3 Å². The van der Waals surface area contributed by atoms with Crippen LogP contribution < -0.4 is 0 Å². The van der Waals surface area contributed by atoms with E-state index in [2.05, 4.69) is 0 Å². The Balaban J connectivity index is 2.60. The lowest BCUT2D eigenvalue weighted by Crippen LogP contribution is -2.48. The molecule has 70 valence electrons. The second-order valence-corrected chi connectivity index (χ2v) is 2.66. The SMILES string of the molecule is OCC(O)C1OC=CC(O)C1O. The molecule has 5 heteroatoms. The van der Waals surface area contributed by atoms with Crippen LogP contribution in [0.4, 0.5) is 0 Å². The Morgan fingerprint density at radius 3 is 2.67 bits per heavy atom. The van der Waals surface area contributed by atoms with Crippen LogP contribution in [0.5, 0.6) is 0 Å². The molecule has 0 radical (unpaired) electrons. The van der Waals surface area contributed by atoms with E-state index in [0.29, 0.717) is 0 Å². The molecule has 0 aromatic heterocycles. The molecule has 0 saturated carbocycles. The third-order valence-electron chi connectivity index (χ3n) is 1.76. The molecule has 0 spiro atoms. The zero-order valence-electron chi connectivity index (χ0n) is 6.37. The average molecular weight is 176 g/mol. The summed E-state index contributed by atoms with van der Waals surface area (Å²) in [5.74, 6) is 0. The van der Waals surface area contributed by atoms with E-state index in [1.54, 1.807) is 0 Å². The topological polar surface area (TPSA) is 90.2 Å². The van der Waals surface area contributed by atoms with Gasteiger partial charge in [-0.25, -0.2) is 0 Å². The van der Waals surface area contributed by atoms with Gasteiger partial charge in [0.2, 0.25) is 0 Å². The molecule has 4 atom stereocenters. The van der Waals surface area contributed by atoms with Gasteiger partial charge in [-0.2, -0.15) is 0 Å². The fraction of sp³-hybridized carbons (Fsp3) is 0.714. The Kier molecular flexibility index (Phi) is 3.05. The molecule has 0 amide bonds. The summed E-state index contributed by atoms with van der Waals surface area (Å²) in [7, 11) is 0. The molecule has 4 unspecified atom stereocenters. The highest BCUT2D eigenvalue weighted by Gasteiger charge is 2.34. The van der Waals surface area contributed by atoms with Crippen molar-refractivity contribution < 1.29 is 25.2 Å². The summed E-state index contributed by atoms with van der Waals surface area (Å²) in [6.07, 6.45) is -1.93. The maximum Gasteiger partial charge on any atom is 0.154 e. The van der Waals surface area contributed by atoms with E-state index in [4.69, 9.17) is 20.1 Å². The van der Waals surface area contributed by atoms with Crippen LogP contribution in [0.1, 0.15) is 0 Å². The molecule has 1 rings (SSSR count). The number of hydrogen-bond acceptors (Lipinski definition) is 5. The molecule has 1 aliphatic heterocycles. The van der Waals surface area contributed by atoms with Crippen molar-refractivity contribution in [2.24, 2.45) is 0 Å². The minimum atomic E-state index is -1.20. The van der Waals surface area contributed by atoms with Gasteiger partial charge in [0, 0.05) is 0 Å². The van der Waals surface area contributed by atoms with E-state index >= 15 is 0 Å². The van der Waals surface area contributed by atoms with Crippen molar-refractivity contribution in [1.29, 1.82) is 0 Å². The molecule has 0 aromatic carbocycles. The Bertz CT molecular complexity index is 169. The summed E-state index contributed by atoms with van der Waals surface area (Å²) in [6.45, 7) is -0.512. The zero-order chi connectivity index (χ0) is 9.14. The van der Waals surface area contributed by atoms with Gasteiger partial charge in [-0.15, -0.1) is 0 Å². The molecule has 5 nitrogen and oxygen atoms in total. The lowest BCUT2D eigenvalue weighted by Gasteiger charge is -2.30. The molecule has 0 aromatic rings. The van der Waals surface area contributed by atoms with Gasteiger partial charge in [-0.1, -0.05) is 0 Å². The van der Waals surface area contributed by atoms with Gasteiger partial charge in [0.05, 0.1) is 12.9 Å². The molecule has 4 N–H and O–H groups in total. The maximum atomic E-state index is 9.24. The zero-order valence-corrected chi connectivity index (χ0v) is 6.37. The lowest BCUT2D eigenvalue weighted by atomic mass is 10.0. The Labute approximate surface area is 69.5 Å². The first kappa shape index (κ1) is 9.47. The lowest BCUT2D eigenvalue weighted by molar-refractivity contribution is -0.120. The molecular formula is C7H12O5. The Morgan fingerprint density at radius 2 is 2.08 bits per heavy atom. The van der Waals surface area contributed by atoms with Gasteiger partial charge in [0.1, 0.15) is 18.3 Å². The van der Waals surface area contributed by atoms with Crippen molar-refractivity contribution in [3.8, 4) is 0 Å². The van der Waals surface area contributed by atoms with Crippen LogP contribution in [0, 0.1) is 0 Å². The minimum absolute atomic E-state index is 0.512. The Hall–Kier alpha value is -0.620. The van der Waals surface area contributed by atoms with E-state index < -0.39 is 31.0 Å². The highest BCUT2D eigenvalue weighted by molar-refractivity contribution is 4.98. The number of aliphatic hydroxyl groups excluding tert-OH is 4. The van der Waals surface area contributed by atoms with Gasteiger partial charge < -0.3 is 25.2 Å². The standard InChI is InChI=1S/C7H12O5/c8-3-5(10)7-6(11)4(9)1-2-12-7/h1-2,4-11H,3H2. The second-order valence-electron chi connectivity index (χ2n) is 2.66. The average Bonchev–Trinajstić information content (AvgIpc) is 2.08. The largest absolute Gasteiger partial charge is 0.493 e. The van der Waals surface area contributed by atoms with Gasteiger partial charge in [0.15, 0.2) is 6.10 Å². The van der Waals surface area contributed by atoms with E-state index in [1.807, 2.05) is 0 Å². The monoisotopic (exact) mass is 176 g/mol. The smallest absolute Gasteiger partial charge is 0.154 e. The summed E-state index contributed by atoms with van der Waals surface area (Å²) in [5.41, 5.74) is 0. The highest BCUT2D eigenvalue weighted by atomic mass is 16.5. The van der Waals surface area contributed by atoms with E-state index in [0.717, 1.165) is 0 Å². The normalized spacial score (nSPS) is 37.5. The van der Waals surface area contributed by atoms with Crippen molar-refractivity contribution in [3.05, 3.63) is 12.3 Å². The van der Waals surface area contributed by atoms with Crippen molar-refractivity contribution in [2.75, 3.05) is 6.61 Å². The molecule has 0 aliphatic carbocycles. The van der Waals surface area contributed by atoms with E-state index in [1.165, 1.54) is 12.3 Å². The predicted octanol–water partition coefficient (Wildman–Crippen LogP) is -2.03. The van der Waals surface area contributed by atoms with Crippen LogP contribution in [0.2, 0.25) is 0 Å². The van der Waals surface area contributed by atoms with Gasteiger partial charge in [-0.3, -0.25) is 0 Å². The van der Waals surface area contributed by atoms with E-state index in [-0.39, 0.29) is 0 Å². The van der Waals surface area contributed by atoms with Crippen molar-refractivity contribution in [3.63, 3.8) is 0 Å². The van der Waals surface area contributed by atoms with Crippen LogP contribution in [-0.2, 0) is 4.74 Å².